The highest BCUT2D eigenvalue weighted by molar-refractivity contribution is 6.12. The molecule has 1 heterocycles. The molecule has 3 rings (SSSR count). The number of pyridine rings is 1. The number of nitro groups is 1. The maximum absolute atomic E-state index is 12.2. The van der Waals surface area contributed by atoms with Gasteiger partial charge in [0.1, 0.15) is 5.71 Å². The molecule has 2 aromatic carbocycles. The van der Waals surface area contributed by atoms with Crippen LogP contribution in [0.15, 0.2) is 78.2 Å². The number of oxime groups is 1. The molecule has 0 amide bonds. The Bertz CT molecular complexity index is 982. The van der Waals surface area contributed by atoms with Gasteiger partial charge >= 0.3 is 5.97 Å². The average Bonchev–Trinajstić information content (AvgIpc) is 2.69. The second kappa shape index (κ2) is 8.01. The van der Waals surface area contributed by atoms with Crippen molar-refractivity contribution in [3.8, 4) is 0 Å². The summed E-state index contributed by atoms with van der Waals surface area (Å²) in [4.78, 5) is 31.7. The van der Waals surface area contributed by atoms with Gasteiger partial charge in [-0.1, -0.05) is 22.9 Å². The molecule has 0 spiro atoms. The minimum absolute atomic E-state index is 0.0375. The van der Waals surface area contributed by atoms with E-state index in [9.17, 15) is 14.9 Å². The lowest BCUT2D eigenvalue weighted by Gasteiger charge is -2.07. The molecule has 134 valence electrons. The monoisotopic (exact) mass is 361 g/mol. The van der Waals surface area contributed by atoms with Crippen molar-refractivity contribution in [3.63, 3.8) is 0 Å². The van der Waals surface area contributed by atoms with E-state index < -0.39 is 10.9 Å². The number of carbonyl (C=O) groups is 1. The highest BCUT2D eigenvalue weighted by atomic mass is 16.7. The van der Waals surface area contributed by atoms with Gasteiger partial charge in [-0.15, -0.1) is 0 Å². The molecular weight excluding hydrogens is 346 g/mol. The Morgan fingerprint density at radius 1 is 0.926 bits per heavy atom. The van der Waals surface area contributed by atoms with Crippen LogP contribution in [0.5, 0.6) is 0 Å². The lowest BCUT2D eigenvalue weighted by Crippen LogP contribution is -2.08. The van der Waals surface area contributed by atoms with Crippen LogP contribution in [-0.4, -0.2) is 21.6 Å². The molecule has 27 heavy (non-hydrogen) atoms. The number of benzene rings is 2. The van der Waals surface area contributed by atoms with Crippen molar-refractivity contribution in [2.75, 3.05) is 0 Å². The van der Waals surface area contributed by atoms with E-state index in [1.54, 1.807) is 60.9 Å². The summed E-state index contributed by atoms with van der Waals surface area (Å²) in [6, 6.07) is 16.2. The van der Waals surface area contributed by atoms with Crippen molar-refractivity contribution in [2.24, 2.45) is 5.16 Å². The zero-order valence-electron chi connectivity index (χ0n) is 14.4. The van der Waals surface area contributed by atoms with Gasteiger partial charge in [0.05, 0.1) is 10.5 Å². The van der Waals surface area contributed by atoms with E-state index in [4.69, 9.17) is 4.84 Å². The van der Waals surface area contributed by atoms with Crippen LogP contribution in [0, 0.1) is 17.0 Å². The molecule has 0 aliphatic carbocycles. The summed E-state index contributed by atoms with van der Waals surface area (Å²) in [6.07, 6.45) is 3.16. The van der Waals surface area contributed by atoms with Gasteiger partial charge in [0.25, 0.3) is 5.69 Å². The molecule has 3 aromatic rings. The van der Waals surface area contributed by atoms with Crippen LogP contribution in [0.4, 0.5) is 5.69 Å². The number of aryl methyl sites for hydroxylation is 1. The van der Waals surface area contributed by atoms with E-state index in [2.05, 4.69) is 10.1 Å². The molecule has 0 N–H and O–H groups in total. The predicted molar refractivity (Wildman–Crippen MR) is 99.6 cm³/mol. The van der Waals surface area contributed by atoms with E-state index in [0.717, 1.165) is 5.56 Å². The van der Waals surface area contributed by atoms with Crippen LogP contribution in [0.1, 0.15) is 27.0 Å². The van der Waals surface area contributed by atoms with E-state index in [-0.39, 0.29) is 5.69 Å². The molecule has 0 fully saturated rings. The molecule has 0 aliphatic heterocycles. The van der Waals surface area contributed by atoms with Crippen LogP contribution in [0.3, 0.4) is 0 Å². The standard InChI is InChI=1S/C20H15N3O4/c1-14-2-4-17(5-3-14)20(24)27-22-19(16-10-12-21-13-11-16)15-6-8-18(9-7-15)23(25)26/h2-13H,1H3/b22-19+. The lowest BCUT2D eigenvalue weighted by atomic mass is 10.0. The largest absolute Gasteiger partial charge is 0.365 e. The highest BCUT2D eigenvalue weighted by Gasteiger charge is 2.13. The molecule has 0 bridgehead atoms. The topological polar surface area (TPSA) is 94.7 Å². The van der Waals surface area contributed by atoms with E-state index in [0.29, 0.717) is 22.4 Å². The number of hydrogen-bond acceptors (Lipinski definition) is 6. The number of nitro benzene ring substituents is 1. The van der Waals surface area contributed by atoms with Crippen LogP contribution in [-0.2, 0) is 4.84 Å². The minimum atomic E-state index is -0.594. The normalized spacial score (nSPS) is 11.1. The molecule has 0 radical (unpaired) electrons. The molecule has 0 unspecified atom stereocenters. The predicted octanol–water partition coefficient (Wildman–Crippen LogP) is 3.91. The molecule has 1 aromatic heterocycles. The fourth-order valence-corrected chi connectivity index (χ4v) is 2.35. The Hall–Kier alpha value is -3.87. The second-order valence-corrected chi connectivity index (χ2v) is 5.72. The first-order chi connectivity index (χ1) is 13.0. The maximum atomic E-state index is 12.2. The number of carbonyl (C=O) groups excluding carboxylic acids is 1. The summed E-state index contributed by atoms with van der Waals surface area (Å²) < 4.78 is 0. The quantitative estimate of drug-likeness (QED) is 0.297. The molecule has 0 aliphatic rings. The van der Waals surface area contributed by atoms with Crippen LogP contribution in [0.2, 0.25) is 0 Å². The summed E-state index contributed by atoms with van der Waals surface area (Å²) in [7, 11) is 0. The third kappa shape index (κ3) is 4.40. The van der Waals surface area contributed by atoms with Crippen LogP contribution < -0.4 is 0 Å². The fourth-order valence-electron chi connectivity index (χ4n) is 2.35. The highest BCUT2D eigenvalue weighted by Crippen LogP contribution is 2.16. The summed E-state index contributed by atoms with van der Waals surface area (Å²) in [5, 5.41) is 14.9. The third-order valence-corrected chi connectivity index (χ3v) is 3.81. The van der Waals surface area contributed by atoms with Crippen molar-refractivity contribution in [1.82, 2.24) is 4.98 Å². The van der Waals surface area contributed by atoms with E-state index in [1.165, 1.54) is 12.1 Å². The van der Waals surface area contributed by atoms with Crippen LogP contribution in [0.25, 0.3) is 0 Å². The Morgan fingerprint density at radius 3 is 2.07 bits per heavy atom. The van der Waals surface area contributed by atoms with E-state index >= 15 is 0 Å². The minimum Gasteiger partial charge on any atom is -0.312 e. The Kier molecular flexibility index (Phi) is 5.32. The summed E-state index contributed by atoms with van der Waals surface area (Å²) in [5.74, 6) is -0.594. The number of nitrogens with zero attached hydrogens (tertiary/aromatic N) is 3. The zero-order chi connectivity index (χ0) is 19.2. The smallest absolute Gasteiger partial charge is 0.312 e. The molecular formula is C20H15N3O4. The van der Waals surface area contributed by atoms with Gasteiger partial charge in [-0.3, -0.25) is 15.1 Å². The molecule has 7 heteroatoms. The summed E-state index contributed by atoms with van der Waals surface area (Å²) >= 11 is 0. The molecule has 7 nitrogen and oxygen atoms in total. The lowest BCUT2D eigenvalue weighted by molar-refractivity contribution is -0.384. The van der Waals surface area contributed by atoms with Gasteiger partial charge < -0.3 is 4.84 Å². The third-order valence-electron chi connectivity index (χ3n) is 3.81. The van der Waals surface area contributed by atoms with E-state index in [1.807, 2.05) is 6.92 Å². The van der Waals surface area contributed by atoms with Gasteiger partial charge in [0.15, 0.2) is 0 Å². The molecule has 0 atom stereocenters. The Morgan fingerprint density at radius 2 is 1.48 bits per heavy atom. The number of non-ortho nitro benzene ring substituents is 1. The summed E-state index contributed by atoms with van der Waals surface area (Å²) in [5.41, 5.74) is 2.97. The number of aromatic nitrogens is 1. The summed E-state index contributed by atoms with van der Waals surface area (Å²) in [6.45, 7) is 1.92. The first-order valence-corrected chi connectivity index (χ1v) is 8.06. The number of hydrogen-bond donors (Lipinski definition) is 0. The van der Waals surface area contributed by atoms with Gasteiger partial charge in [-0.2, -0.15) is 0 Å². The number of rotatable bonds is 5. The van der Waals surface area contributed by atoms with Gasteiger partial charge in [-0.25, -0.2) is 4.79 Å². The first kappa shape index (κ1) is 17.9. The molecule has 0 saturated heterocycles. The van der Waals surface area contributed by atoms with Crippen molar-refractivity contribution < 1.29 is 14.6 Å². The van der Waals surface area contributed by atoms with Gasteiger partial charge in [0.2, 0.25) is 0 Å². The van der Waals surface area contributed by atoms with Crippen molar-refractivity contribution in [3.05, 3.63) is 105 Å². The second-order valence-electron chi connectivity index (χ2n) is 5.72. The Labute approximate surface area is 155 Å². The SMILES string of the molecule is Cc1ccc(C(=O)O/N=C(/c2ccncc2)c2ccc([N+](=O)[O-])cc2)cc1. The van der Waals surface area contributed by atoms with Crippen molar-refractivity contribution in [2.45, 2.75) is 6.92 Å². The van der Waals surface area contributed by atoms with Gasteiger partial charge in [0, 0.05) is 35.7 Å². The first-order valence-electron chi connectivity index (χ1n) is 8.06. The van der Waals surface area contributed by atoms with Gasteiger partial charge in [-0.05, 0) is 43.3 Å². The zero-order valence-corrected chi connectivity index (χ0v) is 14.4. The van der Waals surface area contributed by atoms with Crippen LogP contribution >= 0.6 is 0 Å². The average molecular weight is 361 g/mol. The fraction of sp³-hybridized carbons (Fsp3) is 0.0500. The van der Waals surface area contributed by atoms with Crippen molar-refractivity contribution >= 4 is 17.4 Å². The Balaban J connectivity index is 1.92. The van der Waals surface area contributed by atoms with Crippen molar-refractivity contribution in [1.29, 1.82) is 0 Å². The molecule has 0 saturated carbocycles. The maximum Gasteiger partial charge on any atom is 0.365 e.